The van der Waals surface area contributed by atoms with E-state index < -0.39 is 11.7 Å². The zero-order valence-corrected chi connectivity index (χ0v) is 11.1. The number of hydrogen-bond donors (Lipinski definition) is 2. The van der Waals surface area contributed by atoms with Crippen LogP contribution in [0.3, 0.4) is 0 Å². The molecule has 0 aliphatic heterocycles. The smallest absolute Gasteiger partial charge is 0.395 e. The standard InChI is InChI=1S/C13H17F3N2O2/c1-18(7-8-19)6-5-12(20)17-11-4-2-3-10(9-11)13(14,15)16/h2-4,9,19H,5-8H2,1H3,(H,17,20). The normalized spacial score (nSPS) is 11.7. The van der Waals surface area contributed by atoms with E-state index in [4.69, 9.17) is 5.11 Å². The maximum absolute atomic E-state index is 12.5. The van der Waals surface area contributed by atoms with Gasteiger partial charge in [-0.2, -0.15) is 13.2 Å². The van der Waals surface area contributed by atoms with Crippen LogP contribution in [0.15, 0.2) is 24.3 Å². The van der Waals surface area contributed by atoms with Gasteiger partial charge in [-0.3, -0.25) is 4.79 Å². The molecule has 0 fully saturated rings. The van der Waals surface area contributed by atoms with E-state index >= 15 is 0 Å². The molecular weight excluding hydrogens is 273 g/mol. The number of likely N-dealkylation sites (N-methyl/N-ethyl adjacent to an activating group) is 1. The van der Waals surface area contributed by atoms with Crippen molar-refractivity contribution in [2.24, 2.45) is 0 Å². The Balaban J connectivity index is 2.54. The van der Waals surface area contributed by atoms with Crippen LogP contribution in [0.4, 0.5) is 18.9 Å². The molecule has 0 aliphatic rings. The molecule has 0 unspecified atom stereocenters. The van der Waals surface area contributed by atoms with Gasteiger partial charge in [0.1, 0.15) is 0 Å². The molecule has 1 rings (SSSR count). The Hall–Kier alpha value is -1.60. The van der Waals surface area contributed by atoms with Gasteiger partial charge in [-0.15, -0.1) is 0 Å². The van der Waals surface area contributed by atoms with Gasteiger partial charge in [-0.25, -0.2) is 0 Å². The number of anilines is 1. The van der Waals surface area contributed by atoms with Crippen LogP contribution in [0.25, 0.3) is 0 Å². The van der Waals surface area contributed by atoms with Crippen molar-refractivity contribution >= 4 is 11.6 Å². The molecule has 20 heavy (non-hydrogen) atoms. The number of amides is 1. The predicted molar refractivity (Wildman–Crippen MR) is 69.3 cm³/mol. The number of benzene rings is 1. The molecule has 0 saturated heterocycles. The van der Waals surface area contributed by atoms with E-state index in [2.05, 4.69) is 5.32 Å². The van der Waals surface area contributed by atoms with Crippen molar-refractivity contribution in [3.05, 3.63) is 29.8 Å². The second-order valence-electron chi connectivity index (χ2n) is 4.40. The highest BCUT2D eigenvalue weighted by Crippen LogP contribution is 2.30. The summed E-state index contributed by atoms with van der Waals surface area (Å²) in [5, 5.41) is 11.1. The lowest BCUT2D eigenvalue weighted by molar-refractivity contribution is -0.137. The second kappa shape index (κ2) is 7.25. The Labute approximate surface area is 115 Å². The van der Waals surface area contributed by atoms with Crippen LogP contribution in [0, 0.1) is 0 Å². The summed E-state index contributed by atoms with van der Waals surface area (Å²) < 4.78 is 37.5. The summed E-state index contributed by atoms with van der Waals surface area (Å²) in [6.07, 6.45) is -4.28. The summed E-state index contributed by atoms with van der Waals surface area (Å²) in [4.78, 5) is 13.4. The van der Waals surface area contributed by atoms with Crippen molar-refractivity contribution in [3.8, 4) is 0 Å². The van der Waals surface area contributed by atoms with E-state index in [-0.39, 0.29) is 24.6 Å². The molecule has 2 N–H and O–H groups in total. The average Bonchev–Trinajstić information content (AvgIpc) is 2.36. The lowest BCUT2D eigenvalue weighted by atomic mass is 10.2. The molecule has 112 valence electrons. The first-order valence-corrected chi connectivity index (χ1v) is 6.09. The zero-order valence-electron chi connectivity index (χ0n) is 11.1. The molecule has 0 saturated carbocycles. The molecule has 0 aliphatic carbocycles. The van der Waals surface area contributed by atoms with E-state index in [0.717, 1.165) is 12.1 Å². The summed E-state index contributed by atoms with van der Waals surface area (Å²) in [6.45, 7) is 0.855. The zero-order chi connectivity index (χ0) is 15.2. The van der Waals surface area contributed by atoms with Crippen molar-refractivity contribution in [3.63, 3.8) is 0 Å². The minimum atomic E-state index is -4.43. The van der Waals surface area contributed by atoms with E-state index in [1.807, 2.05) is 0 Å². The molecule has 0 bridgehead atoms. The van der Waals surface area contributed by atoms with Gasteiger partial charge in [0.25, 0.3) is 0 Å². The lowest BCUT2D eigenvalue weighted by Crippen LogP contribution is -2.26. The molecule has 7 heteroatoms. The van der Waals surface area contributed by atoms with Gasteiger partial charge < -0.3 is 15.3 Å². The molecule has 0 atom stereocenters. The monoisotopic (exact) mass is 290 g/mol. The average molecular weight is 290 g/mol. The maximum Gasteiger partial charge on any atom is 0.416 e. The molecule has 1 aromatic carbocycles. The van der Waals surface area contributed by atoms with Crippen molar-refractivity contribution in [2.45, 2.75) is 12.6 Å². The summed E-state index contributed by atoms with van der Waals surface area (Å²) >= 11 is 0. The fourth-order valence-corrected chi connectivity index (χ4v) is 1.57. The third kappa shape index (κ3) is 5.58. The summed E-state index contributed by atoms with van der Waals surface area (Å²) in [6, 6.07) is 4.50. The third-order valence-electron chi connectivity index (χ3n) is 2.68. The second-order valence-corrected chi connectivity index (χ2v) is 4.40. The number of carbonyl (C=O) groups excluding carboxylic acids is 1. The highest BCUT2D eigenvalue weighted by molar-refractivity contribution is 5.90. The van der Waals surface area contributed by atoms with Crippen LogP contribution in [-0.2, 0) is 11.0 Å². The van der Waals surface area contributed by atoms with Gasteiger partial charge in [0.2, 0.25) is 5.91 Å². The number of halogens is 3. The SMILES string of the molecule is CN(CCO)CCC(=O)Nc1cccc(C(F)(F)F)c1. The van der Waals surface area contributed by atoms with Gasteiger partial charge in [-0.1, -0.05) is 6.07 Å². The molecule has 0 radical (unpaired) electrons. The summed E-state index contributed by atoms with van der Waals surface area (Å²) in [7, 11) is 1.74. The first kappa shape index (κ1) is 16.5. The largest absolute Gasteiger partial charge is 0.416 e. The van der Waals surface area contributed by atoms with Gasteiger partial charge in [-0.05, 0) is 25.2 Å². The Morgan fingerprint density at radius 3 is 2.65 bits per heavy atom. The molecule has 0 aromatic heterocycles. The lowest BCUT2D eigenvalue weighted by Gasteiger charge is -2.14. The summed E-state index contributed by atoms with van der Waals surface area (Å²) in [5.74, 6) is -0.367. The highest BCUT2D eigenvalue weighted by Gasteiger charge is 2.30. The maximum atomic E-state index is 12.5. The highest BCUT2D eigenvalue weighted by atomic mass is 19.4. The van der Waals surface area contributed by atoms with Crippen LogP contribution in [0.2, 0.25) is 0 Å². The topological polar surface area (TPSA) is 52.6 Å². The first-order valence-electron chi connectivity index (χ1n) is 6.09. The number of aliphatic hydroxyl groups excluding tert-OH is 1. The number of aliphatic hydroxyl groups is 1. The molecule has 4 nitrogen and oxygen atoms in total. The Kier molecular flexibility index (Phi) is 5.97. The van der Waals surface area contributed by atoms with Crippen molar-refractivity contribution in [1.82, 2.24) is 4.90 Å². The first-order chi connectivity index (χ1) is 9.32. The Morgan fingerprint density at radius 1 is 1.35 bits per heavy atom. The van der Waals surface area contributed by atoms with Crippen molar-refractivity contribution in [2.75, 3.05) is 32.1 Å². The van der Waals surface area contributed by atoms with E-state index in [1.165, 1.54) is 12.1 Å². The van der Waals surface area contributed by atoms with Crippen LogP contribution < -0.4 is 5.32 Å². The van der Waals surface area contributed by atoms with Gasteiger partial charge in [0.05, 0.1) is 12.2 Å². The van der Waals surface area contributed by atoms with Crippen LogP contribution in [0.5, 0.6) is 0 Å². The molecule has 0 heterocycles. The molecule has 1 aromatic rings. The van der Waals surface area contributed by atoms with Crippen LogP contribution in [0.1, 0.15) is 12.0 Å². The molecular formula is C13H17F3N2O2. The van der Waals surface area contributed by atoms with Crippen molar-refractivity contribution in [1.29, 1.82) is 0 Å². The fraction of sp³-hybridized carbons (Fsp3) is 0.462. The number of nitrogens with one attached hydrogen (secondary N) is 1. The number of alkyl halides is 3. The molecule has 1 amide bonds. The Bertz CT molecular complexity index is 449. The Morgan fingerprint density at radius 2 is 2.05 bits per heavy atom. The number of hydrogen-bond acceptors (Lipinski definition) is 3. The van der Waals surface area contributed by atoms with Crippen molar-refractivity contribution < 1.29 is 23.1 Å². The number of carbonyl (C=O) groups is 1. The molecule has 0 spiro atoms. The van der Waals surface area contributed by atoms with Gasteiger partial charge in [0, 0.05) is 25.2 Å². The van der Waals surface area contributed by atoms with Crippen LogP contribution in [-0.4, -0.2) is 42.7 Å². The fourth-order valence-electron chi connectivity index (χ4n) is 1.57. The van der Waals surface area contributed by atoms with Crippen LogP contribution >= 0.6 is 0 Å². The van der Waals surface area contributed by atoms with E-state index in [9.17, 15) is 18.0 Å². The minimum Gasteiger partial charge on any atom is -0.395 e. The number of rotatable bonds is 6. The van der Waals surface area contributed by atoms with E-state index in [0.29, 0.717) is 13.1 Å². The minimum absolute atomic E-state index is 0.00819. The van der Waals surface area contributed by atoms with E-state index in [1.54, 1.807) is 11.9 Å². The predicted octanol–water partition coefficient (Wildman–Crippen LogP) is 1.96. The summed E-state index contributed by atoms with van der Waals surface area (Å²) in [5.41, 5.74) is -0.678. The van der Waals surface area contributed by atoms with Gasteiger partial charge >= 0.3 is 6.18 Å². The third-order valence-corrected chi connectivity index (χ3v) is 2.68. The quantitative estimate of drug-likeness (QED) is 0.842. The number of nitrogens with zero attached hydrogens (tertiary/aromatic N) is 1. The van der Waals surface area contributed by atoms with Gasteiger partial charge in [0.15, 0.2) is 0 Å².